The van der Waals surface area contributed by atoms with Crippen molar-refractivity contribution < 1.29 is 19.4 Å². The number of halogens is 2. The van der Waals surface area contributed by atoms with E-state index in [0.29, 0.717) is 18.1 Å². The summed E-state index contributed by atoms with van der Waals surface area (Å²) in [7, 11) is 0. The molecule has 0 bridgehead atoms. The van der Waals surface area contributed by atoms with Gasteiger partial charge in [-0.25, -0.2) is 0 Å². The summed E-state index contributed by atoms with van der Waals surface area (Å²) in [6.07, 6.45) is 1.58. The number of aliphatic carboxylic acids is 1. The minimum absolute atomic E-state index is 0.317. The Morgan fingerprint density at radius 3 is 2.36 bits per heavy atom. The number of rotatable bonds is 8. The molecule has 5 nitrogen and oxygen atoms in total. The Hall–Kier alpha value is -2.38. The lowest BCUT2D eigenvalue weighted by molar-refractivity contribution is -0.136. The van der Waals surface area contributed by atoms with Crippen molar-refractivity contribution in [3.8, 4) is 17.2 Å². The van der Waals surface area contributed by atoms with E-state index in [9.17, 15) is 4.79 Å². The molecule has 0 amide bonds. The van der Waals surface area contributed by atoms with Crippen molar-refractivity contribution in [2.24, 2.45) is 0 Å². The van der Waals surface area contributed by atoms with Crippen LogP contribution in [0.25, 0.3) is 0 Å². The molecule has 144 valence electrons. The Labute approximate surface area is 179 Å². The van der Waals surface area contributed by atoms with Gasteiger partial charge in [-0.15, -0.1) is 0 Å². The van der Waals surface area contributed by atoms with E-state index in [1.807, 2.05) is 54.6 Å². The third-order valence-electron chi connectivity index (χ3n) is 3.87. The Bertz CT molecular complexity index is 919. The summed E-state index contributed by atoms with van der Waals surface area (Å²) >= 11 is 6.47. The summed E-state index contributed by atoms with van der Waals surface area (Å²) in [5.74, 6) is 1.10. The van der Waals surface area contributed by atoms with Crippen molar-refractivity contribution in [1.82, 2.24) is 4.98 Å². The average molecular weight is 507 g/mol. The number of carbonyl (C=O) groups is 1. The maximum absolute atomic E-state index is 11.1. The summed E-state index contributed by atoms with van der Waals surface area (Å²) in [6, 6.07) is 20.7. The molecular weight excluding hydrogens is 490 g/mol. The maximum Gasteiger partial charge on any atom is 0.318 e. The molecule has 0 saturated heterocycles. The van der Waals surface area contributed by atoms with Crippen LogP contribution in [0.2, 0.25) is 0 Å². The Balaban J connectivity index is 1.65. The van der Waals surface area contributed by atoms with E-state index in [2.05, 4.69) is 36.8 Å². The van der Waals surface area contributed by atoms with Crippen LogP contribution >= 0.6 is 31.9 Å². The van der Waals surface area contributed by atoms with Gasteiger partial charge in [0.1, 0.15) is 28.7 Å². The lowest BCUT2D eigenvalue weighted by atomic mass is 10.2. The molecule has 3 aromatic rings. The third-order valence-corrected chi connectivity index (χ3v) is 6.50. The van der Waals surface area contributed by atoms with Crippen LogP contribution in [-0.2, 0) is 11.4 Å². The number of pyridine rings is 1. The number of carboxylic acids is 1. The van der Waals surface area contributed by atoms with E-state index in [-0.39, 0.29) is 0 Å². The monoisotopic (exact) mass is 505 g/mol. The predicted molar refractivity (Wildman–Crippen MR) is 114 cm³/mol. The van der Waals surface area contributed by atoms with Crippen LogP contribution in [-0.4, -0.2) is 20.9 Å². The molecule has 28 heavy (non-hydrogen) atoms. The molecule has 2 aromatic carbocycles. The number of aromatic nitrogens is 1. The number of benzene rings is 2. The van der Waals surface area contributed by atoms with Gasteiger partial charge >= 0.3 is 5.97 Å². The zero-order chi connectivity index (χ0) is 19.9. The van der Waals surface area contributed by atoms with Gasteiger partial charge < -0.3 is 14.6 Å². The molecule has 0 aliphatic heterocycles. The van der Waals surface area contributed by atoms with Gasteiger partial charge in [0.2, 0.25) is 0 Å². The highest BCUT2D eigenvalue weighted by molar-refractivity contribution is 9.12. The quantitative estimate of drug-likeness (QED) is 0.395. The fourth-order valence-corrected chi connectivity index (χ4v) is 3.18. The van der Waals surface area contributed by atoms with Gasteiger partial charge in [-0.2, -0.15) is 0 Å². The van der Waals surface area contributed by atoms with Crippen molar-refractivity contribution >= 4 is 37.8 Å². The van der Waals surface area contributed by atoms with Crippen LogP contribution < -0.4 is 9.47 Å². The number of para-hydroxylation sites is 2. The van der Waals surface area contributed by atoms with Gasteiger partial charge in [-0.1, -0.05) is 68.3 Å². The number of ether oxygens (including phenoxy) is 2. The molecule has 0 aliphatic carbocycles. The summed E-state index contributed by atoms with van der Waals surface area (Å²) in [5, 5.41) is 9.07. The second-order valence-electron chi connectivity index (χ2n) is 5.87. The SMILES string of the molecule is O=C(O)C(Br)C(Br)c1ccc(OCc2ccccc2Oc2ccccc2)cn1. The zero-order valence-corrected chi connectivity index (χ0v) is 17.8. The maximum atomic E-state index is 11.1. The highest BCUT2D eigenvalue weighted by Crippen LogP contribution is 2.31. The summed E-state index contributed by atoms with van der Waals surface area (Å²) in [4.78, 5) is 14.1. The number of carboxylic acid groups (broad SMARTS) is 1. The highest BCUT2D eigenvalue weighted by atomic mass is 79.9. The van der Waals surface area contributed by atoms with Gasteiger partial charge in [-0.05, 0) is 30.3 Å². The zero-order valence-electron chi connectivity index (χ0n) is 14.7. The molecule has 1 N–H and O–H groups in total. The van der Waals surface area contributed by atoms with Gasteiger partial charge in [0, 0.05) is 5.56 Å². The molecular formula is C21H17Br2NO4. The molecule has 0 radical (unpaired) electrons. The minimum atomic E-state index is -0.959. The first-order chi connectivity index (χ1) is 13.5. The van der Waals surface area contributed by atoms with E-state index in [4.69, 9.17) is 14.6 Å². The second kappa shape index (κ2) is 9.71. The fraction of sp³-hybridized carbons (Fsp3) is 0.143. The van der Waals surface area contributed by atoms with Gasteiger partial charge in [0.25, 0.3) is 0 Å². The first-order valence-electron chi connectivity index (χ1n) is 8.45. The lowest BCUT2D eigenvalue weighted by Gasteiger charge is -2.14. The lowest BCUT2D eigenvalue weighted by Crippen LogP contribution is -2.18. The molecule has 0 fully saturated rings. The van der Waals surface area contributed by atoms with Crippen molar-refractivity contribution in [2.45, 2.75) is 16.3 Å². The van der Waals surface area contributed by atoms with Gasteiger partial charge in [0.15, 0.2) is 0 Å². The third kappa shape index (κ3) is 5.33. The molecule has 1 aromatic heterocycles. The largest absolute Gasteiger partial charge is 0.487 e. The fourth-order valence-electron chi connectivity index (χ4n) is 2.41. The molecule has 0 spiro atoms. The normalized spacial score (nSPS) is 12.8. The Kier molecular flexibility index (Phi) is 7.06. The summed E-state index contributed by atoms with van der Waals surface area (Å²) < 4.78 is 11.8. The van der Waals surface area contributed by atoms with E-state index in [1.165, 1.54) is 0 Å². The first-order valence-corrected chi connectivity index (χ1v) is 10.3. The van der Waals surface area contributed by atoms with Crippen molar-refractivity contribution in [1.29, 1.82) is 0 Å². The molecule has 2 atom stereocenters. The number of hydrogen-bond acceptors (Lipinski definition) is 4. The van der Waals surface area contributed by atoms with Crippen LogP contribution in [0.4, 0.5) is 0 Å². The van der Waals surface area contributed by atoms with Gasteiger partial charge in [-0.3, -0.25) is 9.78 Å². The first kappa shape index (κ1) is 20.4. The predicted octanol–water partition coefficient (Wildman–Crippen LogP) is 5.74. The van der Waals surface area contributed by atoms with E-state index < -0.39 is 15.6 Å². The van der Waals surface area contributed by atoms with Crippen LogP contribution in [0.1, 0.15) is 16.1 Å². The van der Waals surface area contributed by atoms with Crippen LogP contribution in [0.5, 0.6) is 17.2 Å². The molecule has 3 rings (SSSR count). The smallest absolute Gasteiger partial charge is 0.318 e. The van der Waals surface area contributed by atoms with Crippen molar-refractivity contribution in [2.75, 3.05) is 0 Å². The Morgan fingerprint density at radius 2 is 1.68 bits per heavy atom. The number of nitrogens with zero attached hydrogens (tertiary/aromatic N) is 1. The van der Waals surface area contributed by atoms with Crippen LogP contribution in [0, 0.1) is 0 Å². The van der Waals surface area contributed by atoms with Crippen molar-refractivity contribution in [3.63, 3.8) is 0 Å². The second-order valence-corrected chi connectivity index (χ2v) is 7.85. The number of hydrogen-bond donors (Lipinski definition) is 1. The summed E-state index contributed by atoms with van der Waals surface area (Å²) in [6.45, 7) is 0.317. The average Bonchev–Trinajstić information content (AvgIpc) is 2.73. The minimum Gasteiger partial charge on any atom is -0.487 e. The number of alkyl halides is 2. The van der Waals surface area contributed by atoms with Crippen molar-refractivity contribution in [3.05, 3.63) is 84.2 Å². The van der Waals surface area contributed by atoms with Crippen LogP contribution in [0.3, 0.4) is 0 Å². The van der Waals surface area contributed by atoms with E-state index in [0.717, 1.165) is 17.1 Å². The molecule has 0 saturated carbocycles. The summed E-state index contributed by atoms with van der Waals surface area (Å²) in [5.41, 5.74) is 1.50. The molecule has 2 unspecified atom stereocenters. The Morgan fingerprint density at radius 1 is 0.964 bits per heavy atom. The molecule has 7 heteroatoms. The topological polar surface area (TPSA) is 68.7 Å². The van der Waals surface area contributed by atoms with Crippen LogP contribution in [0.15, 0.2) is 72.9 Å². The highest BCUT2D eigenvalue weighted by Gasteiger charge is 2.25. The molecule has 0 aliphatic rings. The molecule has 1 heterocycles. The van der Waals surface area contributed by atoms with E-state index in [1.54, 1.807) is 18.3 Å². The van der Waals surface area contributed by atoms with Gasteiger partial charge in [0.05, 0.1) is 16.7 Å². The standard InChI is InChI=1S/C21H17Br2NO4/c22-19(20(23)21(25)26)17-11-10-16(12-24-17)27-13-14-6-4-5-9-18(14)28-15-7-2-1-3-8-15/h1-12,19-20H,13H2,(H,25,26). The van der Waals surface area contributed by atoms with E-state index >= 15 is 0 Å².